The number of nitrogens with zero attached hydrogens (tertiary/aromatic N) is 2. The van der Waals surface area contributed by atoms with Crippen molar-refractivity contribution < 1.29 is 9.21 Å². The monoisotopic (exact) mass is 288 g/mol. The Kier molecular flexibility index (Phi) is 5.08. The summed E-state index contributed by atoms with van der Waals surface area (Å²) in [5.41, 5.74) is 3.60. The van der Waals surface area contributed by atoms with Crippen molar-refractivity contribution in [3.63, 3.8) is 0 Å². The van der Waals surface area contributed by atoms with Crippen LogP contribution in [-0.4, -0.2) is 22.3 Å². The summed E-state index contributed by atoms with van der Waals surface area (Å²) < 4.78 is 5.63. The third kappa shape index (κ3) is 3.90. The number of carbonyl (C=O) groups excluding carboxylic acids is 1. The summed E-state index contributed by atoms with van der Waals surface area (Å²) in [4.78, 5) is 18.1. The van der Waals surface area contributed by atoms with Crippen molar-refractivity contribution in [3.8, 4) is 0 Å². The fourth-order valence-corrected chi connectivity index (χ4v) is 2.15. The Bertz CT molecular complexity index is 595. The van der Waals surface area contributed by atoms with Crippen LogP contribution in [0.25, 0.3) is 0 Å². The van der Waals surface area contributed by atoms with Crippen LogP contribution < -0.4 is 11.3 Å². The van der Waals surface area contributed by atoms with Crippen LogP contribution in [0.2, 0.25) is 0 Å². The van der Waals surface area contributed by atoms with Crippen LogP contribution in [0.3, 0.4) is 0 Å². The van der Waals surface area contributed by atoms with Crippen LogP contribution >= 0.6 is 0 Å². The Balaban J connectivity index is 2.07. The third-order valence-electron chi connectivity index (χ3n) is 3.28. The maximum atomic E-state index is 11.6. The molecule has 0 saturated carbocycles. The minimum atomic E-state index is -0.338. The highest BCUT2D eigenvalue weighted by molar-refractivity contribution is 5.94. The van der Waals surface area contributed by atoms with Crippen molar-refractivity contribution in [3.05, 3.63) is 53.2 Å². The highest BCUT2D eigenvalue weighted by Crippen LogP contribution is 2.17. The SMILES string of the molecule is CCN(Cc1ccccn1)Cc1cc(C(=O)NN)c(C)o1. The summed E-state index contributed by atoms with van der Waals surface area (Å²) >= 11 is 0. The molecule has 0 atom stereocenters. The molecule has 0 saturated heterocycles. The maximum Gasteiger partial charge on any atom is 0.268 e. The van der Waals surface area contributed by atoms with E-state index in [1.165, 1.54) is 0 Å². The standard InChI is InChI=1S/C15H20N4O2/c1-3-19(9-12-6-4-5-7-17-12)10-13-8-14(11(2)21-13)15(20)18-16/h4-8H,3,9-10,16H2,1-2H3,(H,18,20). The lowest BCUT2D eigenvalue weighted by molar-refractivity contribution is 0.0952. The predicted molar refractivity (Wildman–Crippen MR) is 79.1 cm³/mol. The number of nitrogens with one attached hydrogen (secondary N) is 1. The maximum absolute atomic E-state index is 11.6. The van der Waals surface area contributed by atoms with Gasteiger partial charge < -0.3 is 4.42 Å². The molecule has 0 aromatic carbocycles. The van der Waals surface area contributed by atoms with Crippen LogP contribution in [0.1, 0.15) is 34.5 Å². The second-order valence-corrected chi connectivity index (χ2v) is 4.78. The molecule has 1 amide bonds. The van der Waals surface area contributed by atoms with E-state index in [1.807, 2.05) is 18.2 Å². The molecule has 0 aliphatic carbocycles. The number of aryl methyl sites for hydroxylation is 1. The van der Waals surface area contributed by atoms with Crippen LogP contribution in [0.15, 0.2) is 34.9 Å². The second kappa shape index (κ2) is 7.01. The molecule has 0 spiro atoms. The number of nitrogens with two attached hydrogens (primary N) is 1. The van der Waals surface area contributed by atoms with Crippen LogP contribution in [0.5, 0.6) is 0 Å². The number of rotatable bonds is 6. The van der Waals surface area contributed by atoms with E-state index in [-0.39, 0.29) is 5.91 Å². The average Bonchev–Trinajstić information content (AvgIpc) is 2.87. The van der Waals surface area contributed by atoms with Gasteiger partial charge in [-0.05, 0) is 31.7 Å². The number of hydrogen-bond donors (Lipinski definition) is 2. The average molecular weight is 288 g/mol. The summed E-state index contributed by atoms with van der Waals surface area (Å²) in [6, 6.07) is 7.59. The van der Waals surface area contributed by atoms with E-state index in [0.29, 0.717) is 17.9 Å². The van der Waals surface area contributed by atoms with Gasteiger partial charge in [-0.15, -0.1) is 0 Å². The van der Waals surface area contributed by atoms with Crippen molar-refractivity contribution in [1.29, 1.82) is 0 Å². The minimum absolute atomic E-state index is 0.338. The van der Waals surface area contributed by atoms with Gasteiger partial charge in [-0.1, -0.05) is 13.0 Å². The Morgan fingerprint density at radius 1 is 1.43 bits per heavy atom. The van der Waals surface area contributed by atoms with E-state index in [9.17, 15) is 4.79 Å². The molecule has 21 heavy (non-hydrogen) atoms. The zero-order chi connectivity index (χ0) is 15.2. The summed E-state index contributed by atoms with van der Waals surface area (Å²) in [5.74, 6) is 6.13. The van der Waals surface area contributed by atoms with Gasteiger partial charge in [-0.2, -0.15) is 0 Å². The largest absolute Gasteiger partial charge is 0.464 e. The Morgan fingerprint density at radius 2 is 2.24 bits per heavy atom. The molecule has 0 aliphatic heterocycles. The second-order valence-electron chi connectivity index (χ2n) is 4.78. The highest BCUT2D eigenvalue weighted by atomic mass is 16.3. The van der Waals surface area contributed by atoms with E-state index >= 15 is 0 Å². The molecule has 0 radical (unpaired) electrons. The molecule has 0 unspecified atom stereocenters. The summed E-state index contributed by atoms with van der Waals surface area (Å²) in [6.45, 7) is 6.03. The number of furan rings is 1. The first-order valence-corrected chi connectivity index (χ1v) is 6.86. The van der Waals surface area contributed by atoms with E-state index < -0.39 is 0 Å². The van der Waals surface area contributed by atoms with Gasteiger partial charge in [-0.25, -0.2) is 5.84 Å². The smallest absolute Gasteiger partial charge is 0.268 e. The lowest BCUT2D eigenvalue weighted by Gasteiger charge is -2.18. The number of nitrogen functional groups attached to an aromatic ring is 1. The Labute approximate surface area is 123 Å². The first-order valence-electron chi connectivity index (χ1n) is 6.86. The molecule has 6 heteroatoms. The first kappa shape index (κ1) is 15.2. The third-order valence-corrected chi connectivity index (χ3v) is 3.28. The van der Waals surface area contributed by atoms with Crippen LogP contribution in [-0.2, 0) is 13.1 Å². The molecule has 0 bridgehead atoms. The number of hydrazine groups is 1. The quantitative estimate of drug-likeness (QED) is 0.479. The summed E-state index contributed by atoms with van der Waals surface area (Å²) in [5, 5.41) is 0. The van der Waals surface area contributed by atoms with Gasteiger partial charge in [-0.3, -0.25) is 20.1 Å². The number of hydrogen-bond acceptors (Lipinski definition) is 5. The van der Waals surface area contributed by atoms with E-state index in [2.05, 4.69) is 22.2 Å². The van der Waals surface area contributed by atoms with Crippen molar-refractivity contribution in [2.24, 2.45) is 5.84 Å². The first-order chi connectivity index (χ1) is 10.1. The molecular formula is C15H20N4O2. The Hall–Kier alpha value is -2.18. The molecule has 2 heterocycles. The normalized spacial score (nSPS) is 10.9. The molecule has 0 aliphatic rings. The van der Waals surface area contributed by atoms with Crippen LogP contribution in [0.4, 0.5) is 0 Å². The van der Waals surface area contributed by atoms with Crippen molar-refractivity contribution in [1.82, 2.24) is 15.3 Å². The lowest BCUT2D eigenvalue weighted by Crippen LogP contribution is -2.30. The Morgan fingerprint density at radius 3 is 2.86 bits per heavy atom. The van der Waals surface area contributed by atoms with Gasteiger partial charge in [0.15, 0.2) is 0 Å². The highest BCUT2D eigenvalue weighted by Gasteiger charge is 2.15. The topological polar surface area (TPSA) is 84.4 Å². The molecule has 2 aromatic rings. The molecule has 6 nitrogen and oxygen atoms in total. The van der Waals surface area contributed by atoms with Crippen molar-refractivity contribution in [2.75, 3.05) is 6.54 Å². The van der Waals surface area contributed by atoms with Crippen molar-refractivity contribution >= 4 is 5.91 Å². The molecule has 2 rings (SSSR count). The van der Waals surface area contributed by atoms with Gasteiger partial charge in [0, 0.05) is 12.7 Å². The van der Waals surface area contributed by atoms with Crippen LogP contribution in [0, 0.1) is 6.92 Å². The lowest BCUT2D eigenvalue weighted by atomic mass is 10.2. The zero-order valence-electron chi connectivity index (χ0n) is 12.3. The van der Waals surface area contributed by atoms with Gasteiger partial charge in [0.2, 0.25) is 0 Å². The number of aromatic nitrogens is 1. The molecule has 0 fully saturated rings. The molecule has 2 aromatic heterocycles. The van der Waals surface area contributed by atoms with Gasteiger partial charge in [0.25, 0.3) is 5.91 Å². The van der Waals surface area contributed by atoms with Crippen molar-refractivity contribution in [2.45, 2.75) is 26.9 Å². The van der Waals surface area contributed by atoms with Gasteiger partial charge in [0.1, 0.15) is 11.5 Å². The number of amides is 1. The summed E-state index contributed by atoms with van der Waals surface area (Å²) in [7, 11) is 0. The molecule has 112 valence electrons. The van der Waals surface area contributed by atoms with Gasteiger partial charge >= 0.3 is 0 Å². The summed E-state index contributed by atoms with van der Waals surface area (Å²) in [6.07, 6.45) is 1.78. The minimum Gasteiger partial charge on any atom is -0.464 e. The van der Waals surface area contributed by atoms with E-state index in [1.54, 1.807) is 19.2 Å². The predicted octanol–water partition coefficient (Wildman–Crippen LogP) is 1.61. The molecule has 3 N–H and O–H groups in total. The van der Waals surface area contributed by atoms with Gasteiger partial charge in [0.05, 0.1) is 17.8 Å². The number of pyridine rings is 1. The van der Waals surface area contributed by atoms with E-state index in [0.717, 1.165) is 24.5 Å². The molecular weight excluding hydrogens is 268 g/mol. The zero-order valence-corrected chi connectivity index (χ0v) is 12.3. The van der Waals surface area contributed by atoms with E-state index in [4.69, 9.17) is 10.3 Å². The number of carbonyl (C=O) groups is 1. The fourth-order valence-electron chi connectivity index (χ4n) is 2.15. The fraction of sp³-hybridized carbons (Fsp3) is 0.333.